The molecule has 0 unspecified atom stereocenters. The predicted molar refractivity (Wildman–Crippen MR) is 110 cm³/mol. The average molecular weight is 467 g/mol. The fraction of sp³-hybridized carbons (Fsp3) is 0.150. The Labute approximate surface area is 180 Å². The van der Waals surface area contributed by atoms with E-state index in [0.29, 0.717) is 16.3 Å². The molecule has 160 valence electrons. The van der Waals surface area contributed by atoms with Crippen LogP contribution < -0.4 is 10.9 Å². The van der Waals surface area contributed by atoms with Gasteiger partial charge in [0.25, 0.3) is 5.56 Å². The molecule has 31 heavy (non-hydrogen) atoms. The molecule has 4 rings (SSSR count). The number of benzene rings is 1. The molecule has 0 bridgehead atoms. The molecule has 0 radical (unpaired) electrons. The lowest BCUT2D eigenvalue weighted by Gasteiger charge is -2.14. The summed E-state index contributed by atoms with van der Waals surface area (Å²) in [5, 5.41) is 6.44. The highest BCUT2D eigenvalue weighted by Crippen LogP contribution is 2.34. The fourth-order valence-electron chi connectivity index (χ4n) is 3.06. The Kier molecular flexibility index (Phi) is 5.63. The lowest BCUT2D eigenvalue weighted by Crippen LogP contribution is -2.32. The van der Waals surface area contributed by atoms with Crippen molar-refractivity contribution in [3.05, 3.63) is 74.7 Å². The Morgan fingerprint density at radius 3 is 2.71 bits per heavy atom. The van der Waals surface area contributed by atoms with Crippen LogP contribution in [0.4, 0.5) is 17.6 Å². The van der Waals surface area contributed by atoms with Crippen LogP contribution in [0.1, 0.15) is 11.1 Å². The Morgan fingerprint density at radius 1 is 1.19 bits per heavy atom. The number of halogens is 4. The molecule has 1 amide bonds. The first-order valence-electron chi connectivity index (χ1n) is 8.87. The van der Waals surface area contributed by atoms with Crippen molar-refractivity contribution in [1.82, 2.24) is 14.9 Å². The number of alkyl halides is 3. The van der Waals surface area contributed by atoms with Crippen molar-refractivity contribution in [2.45, 2.75) is 19.3 Å². The summed E-state index contributed by atoms with van der Waals surface area (Å²) in [6.45, 7) is -0.874. The smallest absolute Gasteiger partial charge is 0.350 e. The molecule has 1 N–H and O–H groups in total. The standard InChI is InChI=1S/C20H13F4N3O2S2/c21-12-4-3-11(14(6-12)20(22,23)24)7-25-16(28)8-27-10-26-18-17(19(27)29)13(9-31-18)15-2-1-5-30-15/h1-6,9-10H,7-8H2,(H,25,28). The molecule has 0 aliphatic rings. The number of carbonyl (C=O) groups excluding carboxylic acids is 1. The van der Waals surface area contributed by atoms with E-state index >= 15 is 0 Å². The Morgan fingerprint density at radius 2 is 2.00 bits per heavy atom. The number of amides is 1. The first-order chi connectivity index (χ1) is 14.7. The monoisotopic (exact) mass is 467 g/mol. The molecule has 0 saturated carbocycles. The normalized spacial score (nSPS) is 11.7. The van der Waals surface area contributed by atoms with Crippen LogP contribution in [0.3, 0.4) is 0 Å². The number of thiophene rings is 2. The van der Waals surface area contributed by atoms with Gasteiger partial charge in [-0.2, -0.15) is 13.2 Å². The summed E-state index contributed by atoms with van der Waals surface area (Å²) in [5.74, 6) is -1.70. The van der Waals surface area contributed by atoms with Crippen LogP contribution in [0, 0.1) is 5.82 Å². The summed E-state index contributed by atoms with van der Waals surface area (Å²) in [7, 11) is 0. The van der Waals surface area contributed by atoms with Gasteiger partial charge in [0.2, 0.25) is 5.91 Å². The van der Waals surface area contributed by atoms with Crippen LogP contribution in [-0.4, -0.2) is 15.5 Å². The highest BCUT2D eigenvalue weighted by atomic mass is 32.1. The number of rotatable bonds is 5. The molecule has 0 saturated heterocycles. The van der Waals surface area contributed by atoms with Crippen molar-refractivity contribution in [2.75, 3.05) is 0 Å². The van der Waals surface area contributed by atoms with E-state index in [1.165, 1.54) is 29.0 Å². The summed E-state index contributed by atoms with van der Waals surface area (Å²) in [5.41, 5.74) is -1.13. The molecule has 5 nitrogen and oxygen atoms in total. The lowest BCUT2D eigenvalue weighted by molar-refractivity contribution is -0.138. The van der Waals surface area contributed by atoms with E-state index in [2.05, 4.69) is 10.3 Å². The van der Waals surface area contributed by atoms with Gasteiger partial charge in [0.05, 0.1) is 17.3 Å². The number of hydrogen-bond acceptors (Lipinski definition) is 5. The maximum atomic E-state index is 13.2. The highest BCUT2D eigenvalue weighted by molar-refractivity contribution is 7.18. The number of carbonyl (C=O) groups is 1. The molecular formula is C20H13F4N3O2S2. The minimum absolute atomic E-state index is 0.277. The number of fused-ring (bicyclic) bond motifs is 1. The molecule has 1 aromatic carbocycles. The van der Waals surface area contributed by atoms with Gasteiger partial charge in [-0.1, -0.05) is 12.1 Å². The fourth-order valence-corrected chi connectivity index (χ4v) is 4.79. The zero-order valence-electron chi connectivity index (χ0n) is 15.6. The Hall–Kier alpha value is -3.05. The van der Waals surface area contributed by atoms with Gasteiger partial charge in [0, 0.05) is 22.4 Å². The molecule has 11 heteroatoms. The minimum Gasteiger partial charge on any atom is -0.350 e. The quantitative estimate of drug-likeness (QED) is 0.434. The van der Waals surface area contributed by atoms with Gasteiger partial charge in [-0.25, -0.2) is 9.37 Å². The molecule has 0 fully saturated rings. The number of nitrogens with zero attached hydrogens (tertiary/aromatic N) is 2. The third-order valence-corrected chi connectivity index (χ3v) is 6.30. The van der Waals surface area contributed by atoms with E-state index in [-0.39, 0.29) is 5.56 Å². The summed E-state index contributed by atoms with van der Waals surface area (Å²) >= 11 is 2.78. The zero-order chi connectivity index (χ0) is 22.2. The van der Waals surface area contributed by atoms with Crippen molar-refractivity contribution >= 4 is 38.8 Å². The van der Waals surface area contributed by atoms with E-state index in [1.54, 1.807) is 0 Å². The number of aromatic nitrogens is 2. The van der Waals surface area contributed by atoms with E-state index in [9.17, 15) is 27.2 Å². The summed E-state index contributed by atoms with van der Waals surface area (Å²) in [6, 6.07) is 5.97. The van der Waals surface area contributed by atoms with Crippen LogP contribution in [-0.2, 0) is 24.1 Å². The molecule has 3 heterocycles. The number of hydrogen-bond donors (Lipinski definition) is 1. The summed E-state index contributed by atoms with van der Waals surface area (Å²) in [6.07, 6.45) is -3.52. The minimum atomic E-state index is -4.76. The molecule has 0 aliphatic carbocycles. The van der Waals surface area contributed by atoms with Crippen LogP contribution in [0.15, 0.2) is 52.2 Å². The number of nitrogens with one attached hydrogen (secondary N) is 1. The van der Waals surface area contributed by atoms with Gasteiger partial charge < -0.3 is 5.32 Å². The van der Waals surface area contributed by atoms with E-state index in [4.69, 9.17) is 0 Å². The molecule has 0 atom stereocenters. The van der Waals surface area contributed by atoms with Crippen molar-refractivity contribution in [3.63, 3.8) is 0 Å². The van der Waals surface area contributed by atoms with E-state index in [1.807, 2.05) is 22.9 Å². The second-order valence-electron chi connectivity index (χ2n) is 6.56. The summed E-state index contributed by atoms with van der Waals surface area (Å²) < 4.78 is 53.6. The van der Waals surface area contributed by atoms with Gasteiger partial charge in [-0.15, -0.1) is 22.7 Å². The molecule has 0 spiro atoms. The van der Waals surface area contributed by atoms with E-state index in [0.717, 1.165) is 27.1 Å². The van der Waals surface area contributed by atoms with Crippen molar-refractivity contribution in [2.24, 2.45) is 0 Å². The maximum absolute atomic E-state index is 13.2. The first-order valence-corrected chi connectivity index (χ1v) is 10.6. The largest absolute Gasteiger partial charge is 0.416 e. The zero-order valence-corrected chi connectivity index (χ0v) is 17.2. The second kappa shape index (κ2) is 8.23. The van der Waals surface area contributed by atoms with Crippen molar-refractivity contribution < 1.29 is 22.4 Å². The summed E-state index contributed by atoms with van der Waals surface area (Å²) in [4.78, 5) is 30.8. The molecular weight excluding hydrogens is 454 g/mol. The van der Waals surface area contributed by atoms with Gasteiger partial charge in [-0.05, 0) is 29.1 Å². The first kappa shape index (κ1) is 21.2. The van der Waals surface area contributed by atoms with Gasteiger partial charge >= 0.3 is 6.18 Å². The van der Waals surface area contributed by atoms with Crippen molar-refractivity contribution in [3.8, 4) is 10.4 Å². The average Bonchev–Trinajstić information content (AvgIpc) is 3.38. The van der Waals surface area contributed by atoms with Crippen LogP contribution in [0.25, 0.3) is 20.7 Å². The highest BCUT2D eigenvalue weighted by Gasteiger charge is 2.33. The topological polar surface area (TPSA) is 64.0 Å². The van der Waals surface area contributed by atoms with Crippen LogP contribution >= 0.6 is 22.7 Å². The van der Waals surface area contributed by atoms with Gasteiger partial charge in [0.15, 0.2) is 0 Å². The van der Waals surface area contributed by atoms with Crippen LogP contribution in [0.2, 0.25) is 0 Å². The van der Waals surface area contributed by atoms with Crippen molar-refractivity contribution in [1.29, 1.82) is 0 Å². The Balaban J connectivity index is 1.54. The molecule has 3 aromatic heterocycles. The van der Waals surface area contributed by atoms with Gasteiger partial charge in [-0.3, -0.25) is 14.2 Å². The predicted octanol–water partition coefficient (Wildman–Crippen LogP) is 4.66. The molecule has 0 aliphatic heterocycles. The van der Waals surface area contributed by atoms with Crippen LogP contribution in [0.5, 0.6) is 0 Å². The third-order valence-electron chi connectivity index (χ3n) is 4.51. The second-order valence-corrected chi connectivity index (χ2v) is 8.37. The Bertz CT molecular complexity index is 1310. The van der Waals surface area contributed by atoms with E-state index < -0.39 is 42.1 Å². The van der Waals surface area contributed by atoms with Gasteiger partial charge in [0.1, 0.15) is 17.2 Å². The molecule has 4 aromatic rings. The maximum Gasteiger partial charge on any atom is 0.416 e. The SMILES string of the molecule is O=C(Cn1cnc2scc(-c3cccs3)c2c1=O)NCc1ccc(F)cc1C(F)(F)F. The lowest BCUT2D eigenvalue weighted by atomic mass is 10.1. The third kappa shape index (κ3) is 4.37.